The average Bonchev–Trinajstić information content (AvgIpc) is 2.78. The van der Waals surface area contributed by atoms with Crippen molar-refractivity contribution in [1.29, 1.82) is 0 Å². The zero-order valence-electron chi connectivity index (χ0n) is 9.34. The van der Waals surface area contributed by atoms with E-state index < -0.39 is 5.97 Å². The highest BCUT2D eigenvalue weighted by molar-refractivity contribution is 5.70. The highest BCUT2D eigenvalue weighted by Gasteiger charge is 2.27. The lowest BCUT2D eigenvalue weighted by Crippen LogP contribution is -2.32. The van der Waals surface area contributed by atoms with Gasteiger partial charge in [-0.2, -0.15) is 0 Å². The van der Waals surface area contributed by atoms with Crippen molar-refractivity contribution in [2.45, 2.75) is 46.1 Å². The summed E-state index contributed by atoms with van der Waals surface area (Å²) in [6, 6.07) is 0.594. The van der Waals surface area contributed by atoms with Crippen LogP contribution in [0.4, 0.5) is 0 Å². The van der Waals surface area contributed by atoms with E-state index in [4.69, 9.17) is 5.11 Å². The van der Waals surface area contributed by atoms with Crippen LogP contribution in [0.5, 0.6) is 0 Å². The summed E-state index contributed by atoms with van der Waals surface area (Å²) in [5.74, 6) is -0.913. The topological polar surface area (TPSA) is 49.3 Å². The molecule has 1 aliphatic carbocycles. The SMILES string of the molecule is CC(C)(C)CC(CNC1CC1)C(=O)O. The molecule has 1 rings (SSSR count). The van der Waals surface area contributed by atoms with Gasteiger partial charge in [0.15, 0.2) is 0 Å². The molecule has 3 nitrogen and oxygen atoms in total. The maximum atomic E-state index is 11.0. The highest BCUT2D eigenvalue weighted by atomic mass is 16.4. The minimum Gasteiger partial charge on any atom is -0.481 e. The van der Waals surface area contributed by atoms with Crippen LogP contribution in [-0.2, 0) is 4.79 Å². The van der Waals surface area contributed by atoms with E-state index >= 15 is 0 Å². The third-order valence-corrected chi connectivity index (χ3v) is 2.44. The van der Waals surface area contributed by atoms with Crippen molar-refractivity contribution in [3.8, 4) is 0 Å². The van der Waals surface area contributed by atoms with E-state index in [2.05, 4.69) is 26.1 Å². The third-order valence-electron chi connectivity index (χ3n) is 2.44. The van der Waals surface area contributed by atoms with Gasteiger partial charge >= 0.3 is 5.97 Å². The molecule has 0 bridgehead atoms. The average molecular weight is 199 g/mol. The number of carboxylic acid groups (broad SMARTS) is 1. The number of aliphatic carboxylic acids is 1. The zero-order chi connectivity index (χ0) is 10.8. The summed E-state index contributed by atoms with van der Waals surface area (Å²) in [4.78, 5) is 11.0. The van der Waals surface area contributed by atoms with E-state index in [0.29, 0.717) is 12.6 Å². The molecule has 0 radical (unpaired) electrons. The summed E-state index contributed by atoms with van der Waals surface area (Å²) >= 11 is 0. The molecule has 0 spiro atoms. The van der Waals surface area contributed by atoms with E-state index in [1.54, 1.807) is 0 Å². The molecular formula is C11H21NO2. The summed E-state index contributed by atoms with van der Waals surface area (Å²) < 4.78 is 0. The van der Waals surface area contributed by atoms with Gasteiger partial charge in [-0.1, -0.05) is 20.8 Å². The molecule has 0 aliphatic heterocycles. The van der Waals surface area contributed by atoms with Gasteiger partial charge < -0.3 is 10.4 Å². The van der Waals surface area contributed by atoms with Gasteiger partial charge in [-0.15, -0.1) is 0 Å². The number of carboxylic acids is 1. The van der Waals surface area contributed by atoms with Crippen LogP contribution in [0.25, 0.3) is 0 Å². The Hall–Kier alpha value is -0.570. The molecule has 0 saturated heterocycles. The first kappa shape index (κ1) is 11.5. The number of hydrogen-bond donors (Lipinski definition) is 2. The number of nitrogens with one attached hydrogen (secondary N) is 1. The van der Waals surface area contributed by atoms with Crippen LogP contribution in [0, 0.1) is 11.3 Å². The lowest BCUT2D eigenvalue weighted by molar-refractivity contribution is -0.142. The minimum atomic E-state index is -0.673. The summed E-state index contributed by atoms with van der Waals surface area (Å²) in [5, 5.41) is 12.3. The number of hydrogen-bond acceptors (Lipinski definition) is 2. The van der Waals surface area contributed by atoms with Crippen LogP contribution >= 0.6 is 0 Å². The van der Waals surface area contributed by atoms with Crippen LogP contribution in [0.3, 0.4) is 0 Å². The first-order valence-corrected chi connectivity index (χ1v) is 5.35. The molecule has 1 unspecified atom stereocenters. The van der Waals surface area contributed by atoms with E-state index in [0.717, 1.165) is 6.42 Å². The minimum absolute atomic E-state index is 0.0916. The van der Waals surface area contributed by atoms with Gasteiger partial charge in [0, 0.05) is 12.6 Å². The van der Waals surface area contributed by atoms with Gasteiger partial charge in [0.1, 0.15) is 0 Å². The van der Waals surface area contributed by atoms with Crippen LogP contribution in [0.1, 0.15) is 40.0 Å². The Labute approximate surface area is 85.9 Å². The van der Waals surface area contributed by atoms with Gasteiger partial charge in [0.25, 0.3) is 0 Å². The molecule has 0 heterocycles. The van der Waals surface area contributed by atoms with Crippen LogP contribution < -0.4 is 5.32 Å². The van der Waals surface area contributed by atoms with Crippen molar-refractivity contribution in [3.05, 3.63) is 0 Å². The molecule has 1 saturated carbocycles. The molecule has 14 heavy (non-hydrogen) atoms. The summed E-state index contributed by atoms with van der Waals surface area (Å²) in [6.45, 7) is 6.87. The van der Waals surface area contributed by atoms with Crippen molar-refractivity contribution >= 4 is 5.97 Å². The third kappa shape index (κ3) is 4.61. The van der Waals surface area contributed by atoms with Crippen molar-refractivity contribution in [2.24, 2.45) is 11.3 Å². The first-order valence-electron chi connectivity index (χ1n) is 5.35. The fourth-order valence-corrected chi connectivity index (χ4v) is 1.58. The second-order valence-electron chi connectivity index (χ2n) is 5.48. The predicted octanol–water partition coefficient (Wildman–Crippen LogP) is 1.88. The van der Waals surface area contributed by atoms with Gasteiger partial charge in [0.2, 0.25) is 0 Å². The van der Waals surface area contributed by atoms with Gasteiger partial charge in [-0.3, -0.25) is 4.79 Å². The molecule has 1 aliphatic rings. The molecule has 1 atom stereocenters. The standard InChI is InChI=1S/C11H21NO2/c1-11(2,3)6-8(10(13)14)7-12-9-4-5-9/h8-9,12H,4-7H2,1-3H3,(H,13,14). The van der Waals surface area contributed by atoms with Crippen molar-refractivity contribution < 1.29 is 9.90 Å². The quantitative estimate of drug-likeness (QED) is 0.710. The Morgan fingerprint density at radius 2 is 2.07 bits per heavy atom. The van der Waals surface area contributed by atoms with Crippen LogP contribution in [0.2, 0.25) is 0 Å². The van der Waals surface area contributed by atoms with Gasteiger partial charge in [-0.05, 0) is 24.7 Å². The maximum absolute atomic E-state index is 11.0. The molecule has 1 fully saturated rings. The molecular weight excluding hydrogens is 178 g/mol. The second-order valence-corrected chi connectivity index (χ2v) is 5.48. The zero-order valence-corrected chi connectivity index (χ0v) is 9.34. The maximum Gasteiger partial charge on any atom is 0.307 e. The van der Waals surface area contributed by atoms with E-state index in [9.17, 15) is 4.79 Å². The van der Waals surface area contributed by atoms with Gasteiger partial charge in [-0.25, -0.2) is 0 Å². The second kappa shape index (κ2) is 4.30. The fourth-order valence-electron chi connectivity index (χ4n) is 1.58. The summed E-state index contributed by atoms with van der Waals surface area (Å²) in [7, 11) is 0. The van der Waals surface area contributed by atoms with Crippen molar-refractivity contribution in [3.63, 3.8) is 0 Å². The smallest absolute Gasteiger partial charge is 0.307 e. The number of rotatable bonds is 5. The predicted molar refractivity (Wildman–Crippen MR) is 56.2 cm³/mol. The molecule has 3 heteroatoms. The molecule has 0 aromatic rings. The Morgan fingerprint density at radius 3 is 2.43 bits per heavy atom. The Kier molecular flexibility index (Phi) is 3.53. The lowest BCUT2D eigenvalue weighted by atomic mass is 9.84. The number of carbonyl (C=O) groups is 1. The first-order chi connectivity index (χ1) is 6.38. The monoisotopic (exact) mass is 199 g/mol. The van der Waals surface area contributed by atoms with E-state index in [1.807, 2.05) is 0 Å². The van der Waals surface area contributed by atoms with E-state index in [-0.39, 0.29) is 11.3 Å². The van der Waals surface area contributed by atoms with Crippen LogP contribution in [0.15, 0.2) is 0 Å². The Morgan fingerprint density at radius 1 is 1.50 bits per heavy atom. The molecule has 82 valence electrons. The van der Waals surface area contributed by atoms with Gasteiger partial charge in [0.05, 0.1) is 5.92 Å². The van der Waals surface area contributed by atoms with Crippen molar-refractivity contribution in [1.82, 2.24) is 5.32 Å². The largest absolute Gasteiger partial charge is 0.481 e. The summed E-state index contributed by atoms with van der Waals surface area (Å²) in [5.41, 5.74) is 0.0916. The van der Waals surface area contributed by atoms with Crippen LogP contribution in [-0.4, -0.2) is 23.7 Å². The normalized spacial score (nSPS) is 19.4. The molecule has 0 aromatic carbocycles. The molecule has 0 amide bonds. The fraction of sp³-hybridized carbons (Fsp3) is 0.909. The Bertz CT molecular complexity index is 204. The molecule has 0 aromatic heterocycles. The van der Waals surface area contributed by atoms with E-state index in [1.165, 1.54) is 12.8 Å². The Balaban J connectivity index is 2.33. The van der Waals surface area contributed by atoms with Crippen molar-refractivity contribution in [2.75, 3.05) is 6.54 Å². The summed E-state index contributed by atoms with van der Waals surface area (Å²) in [6.07, 6.45) is 3.16. The molecule has 2 N–H and O–H groups in total. The lowest BCUT2D eigenvalue weighted by Gasteiger charge is -2.23. The highest BCUT2D eigenvalue weighted by Crippen LogP contribution is 2.25.